The molecule has 112 valence electrons. The molecule has 1 saturated heterocycles. The second kappa shape index (κ2) is 5.66. The maximum atomic E-state index is 12.6. The molecule has 2 heterocycles. The number of aromatic nitrogens is 1. The lowest BCUT2D eigenvalue weighted by Gasteiger charge is -2.21. The van der Waals surface area contributed by atoms with Gasteiger partial charge in [0.25, 0.3) is 10.0 Å². The Balaban J connectivity index is 2.36. The summed E-state index contributed by atoms with van der Waals surface area (Å²) in [5.41, 5.74) is 0.300. The molecule has 1 unspecified atom stereocenters. The number of aromatic amines is 1. The van der Waals surface area contributed by atoms with Crippen molar-refractivity contribution in [2.75, 3.05) is 13.2 Å². The molecule has 9 heteroatoms. The number of H-pyrrole nitrogens is 1. The van der Waals surface area contributed by atoms with E-state index in [-0.39, 0.29) is 17.4 Å². The van der Waals surface area contributed by atoms with E-state index in [0.29, 0.717) is 29.9 Å². The van der Waals surface area contributed by atoms with Gasteiger partial charge in [-0.25, -0.2) is 8.42 Å². The number of thiazole rings is 1. The zero-order valence-electron chi connectivity index (χ0n) is 11.2. The second-order valence-corrected chi connectivity index (χ2v) is 7.52. The topological polar surface area (TPSA) is 96.5 Å². The van der Waals surface area contributed by atoms with Crippen LogP contribution in [0.1, 0.15) is 25.5 Å². The number of carbonyl (C=O) groups excluding carboxylic acids is 1. The van der Waals surface area contributed by atoms with Crippen molar-refractivity contribution in [2.45, 2.75) is 36.9 Å². The predicted molar refractivity (Wildman–Crippen MR) is 73.2 cm³/mol. The first-order valence-electron chi connectivity index (χ1n) is 6.26. The maximum Gasteiger partial charge on any atom is 0.324 e. The van der Waals surface area contributed by atoms with E-state index >= 15 is 0 Å². The number of esters is 1. The number of rotatable bonds is 4. The van der Waals surface area contributed by atoms with Crippen molar-refractivity contribution in [1.29, 1.82) is 0 Å². The van der Waals surface area contributed by atoms with Crippen LogP contribution in [0.15, 0.2) is 9.00 Å². The van der Waals surface area contributed by atoms with E-state index in [2.05, 4.69) is 4.98 Å². The number of nitrogens with zero attached hydrogens (tertiary/aromatic N) is 1. The normalized spacial score (nSPS) is 20.2. The number of carbonyl (C=O) groups is 1. The minimum Gasteiger partial charge on any atom is -0.465 e. The fraction of sp³-hybridized carbons (Fsp3) is 0.636. The van der Waals surface area contributed by atoms with Gasteiger partial charge in [-0.15, -0.1) is 0 Å². The third-order valence-electron chi connectivity index (χ3n) is 3.09. The van der Waals surface area contributed by atoms with Gasteiger partial charge < -0.3 is 9.72 Å². The summed E-state index contributed by atoms with van der Waals surface area (Å²) < 4.78 is 31.1. The van der Waals surface area contributed by atoms with Gasteiger partial charge in [0.05, 0.1) is 6.61 Å². The van der Waals surface area contributed by atoms with E-state index in [1.807, 2.05) is 0 Å². The zero-order chi connectivity index (χ0) is 14.9. The lowest BCUT2D eigenvalue weighted by Crippen LogP contribution is -2.41. The summed E-state index contributed by atoms with van der Waals surface area (Å²) in [5.74, 6) is -0.533. The smallest absolute Gasteiger partial charge is 0.324 e. The highest BCUT2D eigenvalue weighted by atomic mass is 32.2. The molecule has 1 aliphatic rings. The van der Waals surface area contributed by atoms with Crippen LogP contribution in [0.4, 0.5) is 0 Å². The van der Waals surface area contributed by atoms with Crippen LogP contribution < -0.4 is 4.87 Å². The van der Waals surface area contributed by atoms with Crippen LogP contribution in [0.25, 0.3) is 0 Å². The number of hydrogen-bond acceptors (Lipinski definition) is 6. The standard InChI is InChI=1S/C11H16N2O5S2/c1-3-18-9(14)8-5-4-6-13(8)20(16,17)10-7(2)12-11(15)19-10/h8H,3-6H2,1-2H3,(H,12,15). The fourth-order valence-electron chi connectivity index (χ4n) is 2.24. The molecule has 0 saturated carbocycles. The van der Waals surface area contributed by atoms with Gasteiger partial charge in [-0.3, -0.25) is 9.59 Å². The zero-order valence-corrected chi connectivity index (χ0v) is 12.8. The van der Waals surface area contributed by atoms with Gasteiger partial charge in [-0.2, -0.15) is 4.31 Å². The summed E-state index contributed by atoms with van der Waals surface area (Å²) in [4.78, 5) is 25.1. The number of sulfonamides is 1. The average molecular weight is 320 g/mol. The van der Waals surface area contributed by atoms with Crippen LogP contribution in [-0.2, 0) is 19.6 Å². The molecule has 0 amide bonds. The number of hydrogen-bond donors (Lipinski definition) is 1. The Morgan fingerprint density at radius 2 is 2.25 bits per heavy atom. The van der Waals surface area contributed by atoms with E-state index in [1.54, 1.807) is 6.92 Å². The first kappa shape index (κ1) is 15.2. The minimum atomic E-state index is -3.84. The molecule has 0 radical (unpaired) electrons. The highest BCUT2D eigenvalue weighted by Gasteiger charge is 2.41. The summed E-state index contributed by atoms with van der Waals surface area (Å²) in [5, 5.41) is 0. The third-order valence-corrected chi connectivity index (χ3v) is 6.58. The quantitative estimate of drug-likeness (QED) is 0.813. The van der Waals surface area contributed by atoms with Crippen molar-refractivity contribution in [3.63, 3.8) is 0 Å². The summed E-state index contributed by atoms with van der Waals surface area (Å²) >= 11 is 0.642. The van der Waals surface area contributed by atoms with E-state index in [9.17, 15) is 18.0 Å². The Bertz CT molecular complexity index is 661. The Morgan fingerprint density at radius 1 is 1.55 bits per heavy atom. The van der Waals surface area contributed by atoms with Crippen LogP contribution in [-0.4, -0.2) is 42.9 Å². The van der Waals surface area contributed by atoms with Crippen LogP contribution >= 0.6 is 11.3 Å². The predicted octanol–water partition coefficient (Wildman–Crippen LogP) is 0.461. The molecule has 1 fully saturated rings. The van der Waals surface area contributed by atoms with E-state index < -0.39 is 26.9 Å². The molecule has 0 bridgehead atoms. The minimum absolute atomic E-state index is 0.0290. The van der Waals surface area contributed by atoms with Crippen molar-refractivity contribution in [1.82, 2.24) is 9.29 Å². The Hall–Kier alpha value is -1.19. The van der Waals surface area contributed by atoms with Crippen LogP contribution in [0.2, 0.25) is 0 Å². The van der Waals surface area contributed by atoms with Crippen molar-refractivity contribution in [3.8, 4) is 0 Å². The molecule has 7 nitrogen and oxygen atoms in total. The largest absolute Gasteiger partial charge is 0.465 e. The van der Waals surface area contributed by atoms with Gasteiger partial charge >= 0.3 is 10.8 Å². The first-order chi connectivity index (χ1) is 9.37. The summed E-state index contributed by atoms with van der Waals surface area (Å²) in [6.07, 6.45) is 1.04. The molecule has 1 atom stereocenters. The molecular formula is C11H16N2O5S2. The molecule has 2 rings (SSSR count). The number of nitrogens with one attached hydrogen (secondary N) is 1. The van der Waals surface area contributed by atoms with Crippen LogP contribution in [0.5, 0.6) is 0 Å². The maximum absolute atomic E-state index is 12.6. The van der Waals surface area contributed by atoms with E-state index in [0.717, 1.165) is 4.31 Å². The molecule has 0 aromatic carbocycles. The van der Waals surface area contributed by atoms with E-state index in [1.165, 1.54) is 6.92 Å². The molecule has 1 aromatic rings. The van der Waals surface area contributed by atoms with Gasteiger partial charge in [0.1, 0.15) is 6.04 Å². The van der Waals surface area contributed by atoms with Gasteiger partial charge in [0.2, 0.25) is 0 Å². The summed E-state index contributed by atoms with van der Waals surface area (Å²) in [6.45, 7) is 3.67. The summed E-state index contributed by atoms with van der Waals surface area (Å²) in [6, 6.07) is -0.795. The Labute approximate surface area is 120 Å². The van der Waals surface area contributed by atoms with Gasteiger partial charge in [0, 0.05) is 12.2 Å². The molecule has 1 aliphatic heterocycles. The first-order valence-corrected chi connectivity index (χ1v) is 8.51. The fourth-order valence-corrected chi connectivity index (χ4v) is 5.30. The highest BCUT2D eigenvalue weighted by Crippen LogP contribution is 2.29. The van der Waals surface area contributed by atoms with Gasteiger partial charge in [-0.05, 0) is 26.7 Å². The Kier molecular flexibility index (Phi) is 4.31. The molecule has 0 spiro atoms. The highest BCUT2D eigenvalue weighted by molar-refractivity contribution is 7.91. The number of aryl methyl sites for hydroxylation is 1. The third kappa shape index (κ3) is 2.65. The monoisotopic (exact) mass is 320 g/mol. The Morgan fingerprint density at radius 3 is 2.80 bits per heavy atom. The van der Waals surface area contributed by atoms with Crippen LogP contribution in [0, 0.1) is 6.92 Å². The SMILES string of the molecule is CCOC(=O)C1CCCN1S(=O)(=O)c1sc(=O)[nH]c1C. The lowest BCUT2D eigenvalue weighted by molar-refractivity contribution is -0.146. The van der Waals surface area contributed by atoms with E-state index in [4.69, 9.17) is 4.74 Å². The molecular weight excluding hydrogens is 304 g/mol. The molecule has 1 N–H and O–H groups in total. The summed E-state index contributed by atoms with van der Waals surface area (Å²) in [7, 11) is -3.84. The van der Waals surface area contributed by atoms with Gasteiger partial charge in [0.15, 0.2) is 4.21 Å². The van der Waals surface area contributed by atoms with Crippen molar-refractivity contribution in [2.24, 2.45) is 0 Å². The lowest BCUT2D eigenvalue weighted by atomic mass is 10.2. The second-order valence-electron chi connectivity index (χ2n) is 4.45. The van der Waals surface area contributed by atoms with Gasteiger partial charge in [-0.1, -0.05) is 11.3 Å². The van der Waals surface area contributed by atoms with Crippen molar-refractivity contribution >= 4 is 27.3 Å². The molecule has 20 heavy (non-hydrogen) atoms. The van der Waals surface area contributed by atoms with Crippen LogP contribution in [0.3, 0.4) is 0 Å². The van der Waals surface area contributed by atoms with Crippen molar-refractivity contribution in [3.05, 3.63) is 15.4 Å². The average Bonchev–Trinajstić information content (AvgIpc) is 2.96. The molecule has 0 aliphatic carbocycles. The van der Waals surface area contributed by atoms with Crippen molar-refractivity contribution < 1.29 is 17.9 Å². The number of ether oxygens (including phenoxy) is 1. The molecule has 1 aromatic heterocycles.